The molecular weight excluding hydrogens is 318 g/mol. The minimum Gasteiger partial charge on any atom is -0.326 e. The maximum Gasteiger partial charge on any atom is 0.322 e. The van der Waals surface area contributed by atoms with Crippen molar-refractivity contribution in [2.75, 3.05) is 0 Å². The quantitative estimate of drug-likeness (QED) is 0.786. The lowest BCUT2D eigenvalue weighted by Crippen LogP contribution is -2.29. The smallest absolute Gasteiger partial charge is 0.322 e. The number of benzene rings is 1. The number of aromatic nitrogens is 3. The van der Waals surface area contributed by atoms with E-state index in [0.717, 1.165) is 29.3 Å². The lowest BCUT2D eigenvalue weighted by atomic mass is 10.1. The van der Waals surface area contributed by atoms with E-state index in [-0.39, 0.29) is 5.91 Å². The summed E-state index contributed by atoms with van der Waals surface area (Å²) in [6.07, 6.45) is 1.84. The summed E-state index contributed by atoms with van der Waals surface area (Å²) < 4.78 is 1.85. The molecule has 1 aromatic carbocycles. The van der Waals surface area contributed by atoms with Crippen LogP contribution in [0.25, 0.3) is 5.69 Å². The zero-order valence-electron chi connectivity index (χ0n) is 14.7. The highest BCUT2D eigenvalue weighted by Gasteiger charge is 2.29. The Morgan fingerprint density at radius 1 is 1.28 bits per heavy atom. The van der Waals surface area contributed by atoms with Crippen LogP contribution >= 0.6 is 0 Å². The highest BCUT2D eigenvalue weighted by molar-refractivity contribution is 6.04. The summed E-state index contributed by atoms with van der Waals surface area (Å²) in [6.45, 7) is 6.30. The average molecular weight is 341 g/mol. The maximum absolute atomic E-state index is 11.7. The average Bonchev–Trinajstić information content (AvgIpc) is 3.07. The van der Waals surface area contributed by atoms with Gasteiger partial charge < -0.3 is 5.32 Å². The third-order valence-electron chi connectivity index (χ3n) is 4.07. The number of urea groups is 1. The molecule has 1 unspecified atom stereocenters. The Labute approximate surface area is 146 Å². The molecule has 0 aliphatic carbocycles. The Hall–Kier alpha value is -2.70. The predicted octanol–water partition coefficient (Wildman–Crippen LogP) is 1.91. The third kappa shape index (κ3) is 4.04. The number of hydrogen-bond acceptors (Lipinski definition) is 4. The highest BCUT2D eigenvalue weighted by atomic mass is 16.2. The topological polar surface area (TPSA) is 88.9 Å². The number of rotatable bonds is 6. The van der Waals surface area contributed by atoms with Crippen LogP contribution in [0.15, 0.2) is 24.3 Å². The van der Waals surface area contributed by atoms with E-state index in [1.807, 2.05) is 29.8 Å². The standard InChI is InChI=1S/C18H23N5O2/c1-11(2)9-15-20-16(8-7-14-17(24)21-18(25)19-14)23(22-15)13-6-4-5-12(3)10-13/h4-6,10-11,14H,7-9H2,1-3H3,(H2,19,21,24,25). The van der Waals surface area contributed by atoms with Crippen molar-refractivity contribution in [2.24, 2.45) is 5.92 Å². The SMILES string of the molecule is Cc1cccc(-n2nc(CC(C)C)nc2CCC2NC(=O)NC2=O)c1. The Balaban J connectivity index is 1.84. The van der Waals surface area contributed by atoms with Crippen LogP contribution in [0.2, 0.25) is 0 Å². The highest BCUT2D eigenvalue weighted by Crippen LogP contribution is 2.16. The fourth-order valence-electron chi connectivity index (χ4n) is 2.91. The fourth-order valence-corrected chi connectivity index (χ4v) is 2.91. The van der Waals surface area contributed by atoms with Crippen molar-refractivity contribution in [3.8, 4) is 5.69 Å². The molecule has 25 heavy (non-hydrogen) atoms. The van der Waals surface area contributed by atoms with E-state index in [1.165, 1.54) is 0 Å². The zero-order valence-corrected chi connectivity index (χ0v) is 14.7. The van der Waals surface area contributed by atoms with E-state index in [4.69, 9.17) is 0 Å². The van der Waals surface area contributed by atoms with Crippen molar-refractivity contribution >= 4 is 11.9 Å². The van der Waals surface area contributed by atoms with E-state index in [0.29, 0.717) is 18.8 Å². The van der Waals surface area contributed by atoms with Crippen LogP contribution in [0, 0.1) is 12.8 Å². The second-order valence-corrected chi connectivity index (χ2v) is 6.85. The summed E-state index contributed by atoms with van der Waals surface area (Å²) in [4.78, 5) is 27.6. The van der Waals surface area contributed by atoms with Gasteiger partial charge in [0.15, 0.2) is 5.82 Å². The van der Waals surface area contributed by atoms with E-state index >= 15 is 0 Å². The maximum atomic E-state index is 11.7. The van der Waals surface area contributed by atoms with Gasteiger partial charge in [-0.25, -0.2) is 14.5 Å². The Bertz CT molecular complexity index is 797. The van der Waals surface area contributed by atoms with Gasteiger partial charge in [-0.05, 0) is 37.0 Å². The van der Waals surface area contributed by atoms with Gasteiger partial charge in [0.2, 0.25) is 0 Å². The van der Waals surface area contributed by atoms with Crippen LogP contribution in [-0.4, -0.2) is 32.7 Å². The summed E-state index contributed by atoms with van der Waals surface area (Å²) in [7, 11) is 0. The van der Waals surface area contributed by atoms with Gasteiger partial charge in [-0.3, -0.25) is 10.1 Å². The number of nitrogens with zero attached hydrogens (tertiary/aromatic N) is 3. The molecule has 0 bridgehead atoms. The summed E-state index contributed by atoms with van der Waals surface area (Å²) >= 11 is 0. The van der Waals surface area contributed by atoms with Gasteiger partial charge in [-0.2, -0.15) is 5.10 Å². The fraction of sp³-hybridized carbons (Fsp3) is 0.444. The molecule has 0 saturated carbocycles. The van der Waals surface area contributed by atoms with Crippen LogP contribution < -0.4 is 10.6 Å². The van der Waals surface area contributed by atoms with Gasteiger partial charge in [-0.1, -0.05) is 26.0 Å². The van der Waals surface area contributed by atoms with E-state index in [1.54, 1.807) is 0 Å². The van der Waals surface area contributed by atoms with Crippen molar-refractivity contribution in [2.45, 2.75) is 46.1 Å². The van der Waals surface area contributed by atoms with Gasteiger partial charge in [0.1, 0.15) is 11.9 Å². The normalized spacial score (nSPS) is 17.0. The van der Waals surface area contributed by atoms with Gasteiger partial charge in [-0.15, -0.1) is 0 Å². The number of carbonyl (C=O) groups excluding carboxylic acids is 2. The third-order valence-corrected chi connectivity index (χ3v) is 4.07. The summed E-state index contributed by atoms with van der Waals surface area (Å²) in [6, 6.07) is 7.13. The molecule has 1 atom stereocenters. The first-order valence-corrected chi connectivity index (χ1v) is 8.55. The Morgan fingerprint density at radius 3 is 2.72 bits per heavy atom. The molecule has 1 aliphatic rings. The summed E-state index contributed by atoms with van der Waals surface area (Å²) in [5.74, 6) is 1.77. The molecule has 3 rings (SSSR count). The van der Waals surface area contributed by atoms with Crippen molar-refractivity contribution < 1.29 is 9.59 Å². The number of hydrogen-bond donors (Lipinski definition) is 2. The van der Waals surface area contributed by atoms with Crippen LogP contribution in [0.4, 0.5) is 4.79 Å². The van der Waals surface area contributed by atoms with Crippen molar-refractivity contribution in [1.82, 2.24) is 25.4 Å². The van der Waals surface area contributed by atoms with Gasteiger partial charge >= 0.3 is 6.03 Å². The van der Waals surface area contributed by atoms with Crippen LogP contribution in [0.3, 0.4) is 0 Å². The van der Waals surface area contributed by atoms with Crippen molar-refractivity contribution in [1.29, 1.82) is 0 Å². The minimum absolute atomic E-state index is 0.283. The second kappa shape index (κ2) is 7.04. The molecule has 1 saturated heterocycles. The largest absolute Gasteiger partial charge is 0.326 e. The van der Waals surface area contributed by atoms with Crippen LogP contribution in [-0.2, 0) is 17.6 Å². The first-order chi connectivity index (χ1) is 11.9. The van der Waals surface area contributed by atoms with Crippen LogP contribution in [0.1, 0.15) is 37.5 Å². The lowest BCUT2D eigenvalue weighted by Gasteiger charge is -2.09. The Kier molecular flexibility index (Phi) is 4.83. The molecule has 1 fully saturated rings. The molecule has 132 valence electrons. The molecule has 3 amide bonds. The van der Waals surface area contributed by atoms with Crippen molar-refractivity contribution in [3.63, 3.8) is 0 Å². The zero-order chi connectivity index (χ0) is 18.0. The number of nitrogens with one attached hydrogen (secondary N) is 2. The molecule has 0 radical (unpaired) electrons. The van der Waals surface area contributed by atoms with Gasteiger partial charge in [0.25, 0.3) is 5.91 Å². The lowest BCUT2D eigenvalue weighted by molar-refractivity contribution is -0.120. The molecule has 2 aromatic rings. The second-order valence-electron chi connectivity index (χ2n) is 6.85. The van der Waals surface area contributed by atoms with E-state index in [2.05, 4.69) is 40.6 Å². The van der Waals surface area contributed by atoms with E-state index in [9.17, 15) is 9.59 Å². The number of carbonyl (C=O) groups is 2. The molecule has 1 aliphatic heterocycles. The first kappa shape index (κ1) is 17.1. The van der Waals surface area contributed by atoms with E-state index < -0.39 is 12.1 Å². The summed E-state index contributed by atoms with van der Waals surface area (Å²) in [5, 5.41) is 9.54. The monoisotopic (exact) mass is 341 g/mol. The first-order valence-electron chi connectivity index (χ1n) is 8.55. The predicted molar refractivity (Wildman–Crippen MR) is 93.4 cm³/mol. The molecular formula is C18H23N5O2. The molecule has 7 nitrogen and oxygen atoms in total. The molecule has 1 aromatic heterocycles. The molecule has 2 heterocycles. The summed E-state index contributed by atoms with van der Waals surface area (Å²) in [5.41, 5.74) is 2.10. The Morgan fingerprint density at radius 2 is 2.08 bits per heavy atom. The minimum atomic E-state index is -0.510. The molecule has 2 N–H and O–H groups in total. The van der Waals surface area contributed by atoms with Crippen LogP contribution in [0.5, 0.6) is 0 Å². The molecule has 7 heteroatoms. The number of amides is 3. The van der Waals surface area contributed by atoms with Gasteiger partial charge in [0.05, 0.1) is 5.69 Å². The number of aryl methyl sites for hydroxylation is 2. The molecule has 0 spiro atoms. The van der Waals surface area contributed by atoms with Gasteiger partial charge in [0, 0.05) is 12.8 Å². The number of imide groups is 1. The van der Waals surface area contributed by atoms with Crippen molar-refractivity contribution in [3.05, 3.63) is 41.5 Å².